The minimum Gasteiger partial charge on any atom is -0.490 e. The highest BCUT2D eigenvalue weighted by Crippen LogP contribution is 2.31. The van der Waals surface area contributed by atoms with Crippen molar-refractivity contribution in [3.05, 3.63) is 29.6 Å². The van der Waals surface area contributed by atoms with Crippen LogP contribution >= 0.6 is 0 Å². The number of nitrogens with one attached hydrogen (secondary N) is 1. The average Bonchev–Trinajstić information content (AvgIpc) is 2.43. The molecule has 1 aromatic rings. The van der Waals surface area contributed by atoms with Crippen LogP contribution in [0.3, 0.4) is 0 Å². The first-order valence-electron chi connectivity index (χ1n) is 6.81. The van der Waals surface area contributed by atoms with Gasteiger partial charge in [-0.2, -0.15) is 0 Å². The van der Waals surface area contributed by atoms with Gasteiger partial charge in [-0.25, -0.2) is 4.39 Å². The number of ether oxygens (including phenoxy) is 1. The van der Waals surface area contributed by atoms with Crippen molar-refractivity contribution in [2.45, 2.75) is 44.2 Å². The van der Waals surface area contributed by atoms with Crippen LogP contribution in [0.25, 0.3) is 0 Å². The van der Waals surface area contributed by atoms with Crippen LogP contribution in [0.4, 0.5) is 4.39 Å². The molecule has 2 rings (SSSR count). The van der Waals surface area contributed by atoms with E-state index in [1.54, 1.807) is 19.1 Å². The highest BCUT2D eigenvalue weighted by molar-refractivity contribution is 5.29. The molecule has 0 spiro atoms. The Kier molecular flexibility index (Phi) is 4.42. The second kappa shape index (κ2) is 5.88. The first-order valence-corrected chi connectivity index (χ1v) is 6.81. The SMILES string of the molecule is CNC1(CO)CCCC(Oc2ccc(F)c(C)c2)C1. The lowest BCUT2D eigenvalue weighted by Crippen LogP contribution is -2.52. The van der Waals surface area contributed by atoms with Crippen molar-refractivity contribution in [1.29, 1.82) is 0 Å². The van der Waals surface area contributed by atoms with E-state index in [-0.39, 0.29) is 24.1 Å². The molecule has 2 N–H and O–H groups in total. The molecule has 2 unspecified atom stereocenters. The van der Waals surface area contributed by atoms with E-state index in [4.69, 9.17) is 4.74 Å². The molecule has 0 saturated heterocycles. The Balaban J connectivity index is 2.04. The largest absolute Gasteiger partial charge is 0.490 e. The van der Waals surface area contributed by atoms with Gasteiger partial charge >= 0.3 is 0 Å². The smallest absolute Gasteiger partial charge is 0.126 e. The van der Waals surface area contributed by atoms with Gasteiger partial charge in [0.25, 0.3) is 0 Å². The number of aliphatic hydroxyl groups is 1. The van der Waals surface area contributed by atoms with Crippen LogP contribution in [-0.4, -0.2) is 30.4 Å². The number of aryl methyl sites for hydroxylation is 1. The van der Waals surface area contributed by atoms with Crippen molar-refractivity contribution in [3.8, 4) is 5.75 Å². The van der Waals surface area contributed by atoms with Crippen molar-refractivity contribution >= 4 is 0 Å². The molecule has 0 aliphatic heterocycles. The maximum Gasteiger partial charge on any atom is 0.126 e. The molecule has 19 heavy (non-hydrogen) atoms. The van der Waals surface area contributed by atoms with Crippen molar-refractivity contribution in [3.63, 3.8) is 0 Å². The standard InChI is InChI=1S/C15H22FNO2/c1-11-8-12(5-6-14(11)16)19-13-4-3-7-15(9-13,10-18)17-2/h5-6,8,13,17-18H,3-4,7,9-10H2,1-2H3. The second-order valence-electron chi connectivity index (χ2n) is 5.44. The maximum atomic E-state index is 13.2. The third-order valence-electron chi connectivity index (χ3n) is 4.06. The third-order valence-corrected chi connectivity index (χ3v) is 4.06. The van der Waals surface area contributed by atoms with Crippen LogP contribution in [0.5, 0.6) is 5.75 Å². The van der Waals surface area contributed by atoms with Crippen LogP contribution < -0.4 is 10.1 Å². The minimum absolute atomic E-state index is 0.0678. The monoisotopic (exact) mass is 267 g/mol. The molecule has 1 aliphatic carbocycles. The van der Waals surface area contributed by atoms with E-state index in [2.05, 4.69) is 5.32 Å². The summed E-state index contributed by atoms with van der Waals surface area (Å²) in [7, 11) is 1.88. The molecule has 0 bridgehead atoms. The summed E-state index contributed by atoms with van der Waals surface area (Å²) >= 11 is 0. The topological polar surface area (TPSA) is 41.5 Å². The predicted octanol–water partition coefficient (Wildman–Crippen LogP) is 2.41. The summed E-state index contributed by atoms with van der Waals surface area (Å²) in [5, 5.41) is 12.8. The van der Waals surface area contributed by atoms with E-state index in [1.807, 2.05) is 7.05 Å². The normalized spacial score (nSPS) is 27.3. The fourth-order valence-electron chi connectivity index (χ4n) is 2.74. The van der Waals surface area contributed by atoms with Gasteiger partial charge in [0.05, 0.1) is 6.61 Å². The number of aliphatic hydroxyl groups excluding tert-OH is 1. The van der Waals surface area contributed by atoms with Crippen molar-refractivity contribution in [2.75, 3.05) is 13.7 Å². The Morgan fingerprint density at radius 2 is 2.32 bits per heavy atom. The van der Waals surface area contributed by atoms with Gasteiger partial charge in [0, 0.05) is 12.0 Å². The molecular formula is C15H22FNO2. The van der Waals surface area contributed by atoms with Gasteiger partial charge in [0.2, 0.25) is 0 Å². The summed E-state index contributed by atoms with van der Waals surface area (Å²) in [4.78, 5) is 0. The summed E-state index contributed by atoms with van der Waals surface area (Å²) in [6, 6.07) is 4.83. The highest BCUT2D eigenvalue weighted by Gasteiger charge is 2.35. The maximum absolute atomic E-state index is 13.2. The van der Waals surface area contributed by atoms with E-state index in [1.165, 1.54) is 6.07 Å². The Hall–Kier alpha value is -1.13. The first-order chi connectivity index (χ1) is 9.08. The summed E-state index contributed by atoms with van der Waals surface area (Å²) in [5.41, 5.74) is 0.355. The molecule has 0 heterocycles. The van der Waals surface area contributed by atoms with Crippen molar-refractivity contribution in [2.24, 2.45) is 0 Å². The van der Waals surface area contributed by atoms with Gasteiger partial charge in [-0.05, 0) is 57.0 Å². The predicted molar refractivity (Wildman–Crippen MR) is 72.9 cm³/mol. The second-order valence-corrected chi connectivity index (χ2v) is 5.44. The molecule has 0 aromatic heterocycles. The Morgan fingerprint density at radius 1 is 1.53 bits per heavy atom. The zero-order chi connectivity index (χ0) is 13.9. The van der Waals surface area contributed by atoms with Crippen LogP contribution in [0.15, 0.2) is 18.2 Å². The van der Waals surface area contributed by atoms with E-state index in [0.717, 1.165) is 25.7 Å². The van der Waals surface area contributed by atoms with Crippen molar-refractivity contribution < 1.29 is 14.2 Å². The number of halogens is 1. The van der Waals surface area contributed by atoms with Gasteiger partial charge < -0.3 is 15.2 Å². The molecule has 4 heteroatoms. The molecule has 1 aromatic carbocycles. The van der Waals surface area contributed by atoms with Crippen LogP contribution in [0.2, 0.25) is 0 Å². The molecule has 1 saturated carbocycles. The third kappa shape index (κ3) is 3.25. The lowest BCUT2D eigenvalue weighted by Gasteiger charge is -2.39. The zero-order valence-corrected chi connectivity index (χ0v) is 11.6. The molecule has 2 atom stereocenters. The van der Waals surface area contributed by atoms with Crippen LogP contribution in [-0.2, 0) is 0 Å². The average molecular weight is 267 g/mol. The molecule has 3 nitrogen and oxygen atoms in total. The van der Waals surface area contributed by atoms with Gasteiger partial charge in [0.1, 0.15) is 17.7 Å². The first kappa shape index (κ1) is 14.3. The lowest BCUT2D eigenvalue weighted by molar-refractivity contribution is 0.0554. The number of hydrogen-bond acceptors (Lipinski definition) is 3. The van der Waals surface area contributed by atoms with Gasteiger partial charge in [-0.3, -0.25) is 0 Å². The van der Waals surface area contributed by atoms with Crippen LogP contribution in [0, 0.1) is 12.7 Å². The minimum atomic E-state index is -0.238. The summed E-state index contributed by atoms with van der Waals surface area (Å²) in [6.07, 6.45) is 3.79. The Morgan fingerprint density at radius 3 is 2.95 bits per heavy atom. The van der Waals surface area contributed by atoms with Gasteiger partial charge in [-0.1, -0.05) is 0 Å². The fraction of sp³-hybridized carbons (Fsp3) is 0.600. The molecule has 1 fully saturated rings. The molecule has 1 aliphatic rings. The van der Waals surface area contributed by atoms with E-state index in [9.17, 15) is 9.50 Å². The highest BCUT2D eigenvalue weighted by atomic mass is 19.1. The summed E-state index contributed by atoms with van der Waals surface area (Å²) < 4.78 is 19.1. The molecule has 106 valence electrons. The van der Waals surface area contributed by atoms with E-state index < -0.39 is 0 Å². The number of likely N-dealkylation sites (N-methyl/N-ethyl adjacent to an activating group) is 1. The number of hydrogen-bond donors (Lipinski definition) is 2. The van der Waals surface area contributed by atoms with Gasteiger partial charge in [-0.15, -0.1) is 0 Å². The number of benzene rings is 1. The van der Waals surface area contributed by atoms with E-state index in [0.29, 0.717) is 11.3 Å². The molecule has 0 amide bonds. The number of rotatable bonds is 4. The summed E-state index contributed by atoms with van der Waals surface area (Å²) in [6.45, 7) is 1.85. The Labute approximate surface area is 113 Å². The molecular weight excluding hydrogens is 245 g/mol. The van der Waals surface area contributed by atoms with Gasteiger partial charge in [0.15, 0.2) is 0 Å². The molecule has 0 radical (unpaired) electrons. The Bertz CT molecular complexity index is 432. The van der Waals surface area contributed by atoms with Crippen molar-refractivity contribution in [1.82, 2.24) is 5.32 Å². The van der Waals surface area contributed by atoms with E-state index >= 15 is 0 Å². The fourth-order valence-corrected chi connectivity index (χ4v) is 2.74. The quantitative estimate of drug-likeness (QED) is 0.880. The van der Waals surface area contributed by atoms with Crippen LogP contribution in [0.1, 0.15) is 31.2 Å². The zero-order valence-electron chi connectivity index (χ0n) is 11.6. The summed E-state index contributed by atoms with van der Waals surface area (Å²) in [5.74, 6) is 0.490. The lowest BCUT2D eigenvalue weighted by atomic mass is 9.81.